The number of carbonyl (C=O) groups excluding carboxylic acids is 1. The van der Waals surface area contributed by atoms with Crippen LogP contribution in [0.3, 0.4) is 0 Å². The minimum Gasteiger partial charge on any atom is -0.338 e. The van der Waals surface area contributed by atoms with E-state index in [0.29, 0.717) is 12.5 Å². The lowest BCUT2D eigenvalue weighted by Gasteiger charge is -2.17. The van der Waals surface area contributed by atoms with Crippen LogP contribution in [-0.2, 0) is 0 Å². The van der Waals surface area contributed by atoms with E-state index in [-0.39, 0.29) is 18.3 Å². The van der Waals surface area contributed by atoms with Crippen molar-refractivity contribution >= 4 is 40.9 Å². The maximum atomic E-state index is 12.2. The van der Waals surface area contributed by atoms with Gasteiger partial charge in [0.05, 0.1) is 5.56 Å². The highest BCUT2D eigenvalue weighted by Crippen LogP contribution is 2.20. The first-order valence-corrected chi connectivity index (χ1v) is 6.54. The van der Waals surface area contributed by atoms with Gasteiger partial charge in [-0.1, -0.05) is 12.1 Å². The van der Waals surface area contributed by atoms with Crippen LogP contribution in [0.15, 0.2) is 24.3 Å². The summed E-state index contributed by atoms with van der Waals surface area (Å²) in [7, 11) is 0. The minimum atomic E-state index is 0. The quantitative estimate of drug-likeness (QED) is 0.815. The van der Waals surface area contributed by atoms with Gasteiger partial charge in [-0.05, 0) is 53.6 Å². The van der Waals surface area contributed by atoms with Gasteiger partial charge in [-0.15, -0.1) is 12.4 Å². The molecule has 1 heterocycles. The monoisotopic (exact) mass is 366 g/mol. The largest absolute Gasteiger partial charge is 0.338 e. The Morgan fingerprint density at radius 2 is 2.18 bits per heavy atom. The molecular weight excluding hydrogens is 351 g/mol. The number of amides is 1. The number of hydrogen-bond donors (Lipinski definition) is 1. The molecule has 1 aromatic carbocycles. The van der Waals surface area contributed by atoms with Crippen LogP contribution < -0.4 is 5.73 Å². The summed E-state index contributed by atoms with van der Waals surface area (Å²) in [5.74, 6) is 0.617. The molecule has 0 bridgehead atoms. The van der Waals surface area contributed by atoms with Crippen LogP contribution in [0.25, 0.3) is 0 Å². The lowest BCUT2D eigenvalue weighted by atomic mass is 10.1. The lowest BCUT2D eigenvalue weighted by Crippen LogP contribution is -2.30. The van der Waals surface area contributed by atoms with Gasteiger partial charge in [-0.2, -0.15) is 0 Å². The van der Waals surface area contributed by atoms with E-state index in [4.69, 9.17) is 5.73 Å². The summed E-state index contributed by atoms with van der Waals surface area (Å²) in [5, 5.41) is 0. The Bertz CT molecular complexity index is 400. The fraction of sp³-hybridized carbons (Fsp3) is 0.417. The molecule has 0 spiro atoms. The van der Waals surface area contributed by atoms with Gasteiger partial charge < -0.3 is 10.6 Å². The molecule has 3 nitrogen and oxygen atoms in total. The highest BCUT2D eigenvalue weighted by Gasteiger charge is 2.26. The number of carbonyl (C=O) groups is 1. The highest BCUT2D eigenvalue weighted by atomic mass is 127. The van der Waals surface area contributed by atoms with Gasteiger partial charge in [0, 0.05) is 16.7 Å². The smallest absolute Gasteiger partial charge is 0.254 e. The molecule has 17 heavy (non-hydrogen) atoms. The van der Waals surface area contributed by atoms with E-state index < -0.39 is 0 Å². The average molecular weight is 367 g/mol. The Kier molecular flexibility index (Phi) is 5.69. The van der Waals surface area contributed by atoms with Gasteiger partial charge >= 0.3 is 0 Å². The molecule has 1 unspecified atom stereocenters. The number of likely N-dealkylation sites (tertiary alicyclic amines) is 1. The molecule has 1 atom stereocenters. The molecule has 2 rings (SSSR count). The summed E-state index contributed by atoms with van der Waals surface area (Å²) in [6, 6.07) is 7.71. The molecule has 1 aliphatic heterocycles. The molecule has 2 N–H and O–H groups in total. The Balaban J connectivity index is 0.00000144. The molecule has 5 heteroatoms. The molecule has 1 saturated heterocycles. The van der Waals surface area contributed by atoms with Crippen molar-refractivity contribution in [1.82, 2.24) is 4.90 Å². The Morgan fingerprint density at radius 3 is 2.76 bits per heavy atom. The number of halogens is 2. The third-order valence-electron chi connectivity index (χ3n) is 3.01. The molecule has 1 fully saturated rings. The van der Waals surface area contributed by atoms with Gasteiger partial charge in [0.2, 0.25) is 0 Å². The van der Waals surface area contributed by atoms with Gasteiger partial charge in [0.1, 0.15) is 0 Å². The normalized spacial score (nSPS) is 18.9. The molecule has 1 amide bonds. The topological polar surface area (TPSA) is 46.3 Å². The predicted octanol–water partition coefficient (Wildman–Crippen LogP) is 2.13. The zero-order chi connectivity index (χ0) is 11.5. The fourth-order valence-electron chi connectivity index (χ4n) is 2.01. The van der Waals surface area contributed by atoms with Crippen LogP contribution in [0.5, 0.6) is 0 Å². The van der Waals surface area contributed by atoms with E-state index in [1.807, 2.05) is 29.2 Å². The van der Waals surface area contributed by atoms with E-state index in [1.165, 1.54) is 0 Å². The summed E-state index contributed by atoms with van der Waals surface area (Å²) in [6.45, 7) is 2.32. The Hall–Kier alpha value is -0.330. The third kappa shape index (κ3) is 3.33. The maximum Gasteiger partial charge on any atom is 0.254 e. The van der Waals surface area contributed by atoms with Crippen LogP contribution in [0, 0.1) is 9.49 Å². The predicted molar refractivity (Wildman–Crippen MR) is 79.5 cm³/mol. The van der Waals surface area contributed by atoms with Crippen LogP contribution in [0.1, 0.15) is 16.8 Å². The van der Waals surface area contributed by atoms with Crippen LogP contribution in [0.4, 0.5) is 0 Å². The van der Waals surface area contributed by atoms with Gasteiger partial charge in [0.15, 0.2) is 0 Å². The molecule has 0 saturated carbocycles. The number of hydrogen-bond acceptors (Lipinski definition) is 2. The van der Waals surface area contributed by atoms with E-state index in [1.54, 1.807) is 0 Å². The minimum absolute atomic E-state index is 0. The first kappa shape index (κ1) is 14.7. The van der Waals surface area contributed by atoms with Crippen molar-refractivity contribution in [2.75, 3.05) is 19.6 Å². The molecule has 0 radical (unpaired) electrons. The molecule has 0 aliphatic carbocycles. The van der Waals surface area contributed by atoms with Crippen LogP contribution in [-0.4, -0.2) is 30.4 Å². The van der Waals surface area contributed by atoms with Gasteiger partial charge in [0.25, 0.3) is 5.91 Å². The van der Waals surface area contributed by atoms with Crippen LogP contribution in [0.2, 0.25) is 0 Å². The number of nitrogens with zero attached hydrogens (tertiary/aromatic N) is 1. The summed E-state index contributed by atoms with van der Waals surface area (Å²) in [4.78, 5) is 14.1. The zero-order valence-electron chi connectivity index (χ0n) is 9.43. The number of benzene rings is 1. The van der Waals surface area contributed by atoms with E-state index in [2.05, 4.69) is 22.6 Å². The third-order valence-corrected chi connectivity index (χ3v) is 3.95. The Labute approximate surface area is 121 Å². The van der Waals surface area contributed by atoms with Crippen molar-refractivity contribution < 1.29 is 4.79 Å². The van der Waals surface area contributed by atoms with Crippen molar-refractivity contribution in [1.29, 1.82) is 0 Å². The second-order valence-corrected chi connectivity index (χ2v) is 5.28. The van der Waals surface area contributed by atoms with Crippen molar-refractivity contribution in [3.63, 3.8) is 0 Å². The molecule has 1 aromatic rings. The zero-order valence-corrected chi connectivity index (χ0v) is 12.4. The molecular formula is C12H16ClIN2O. The molecule has 94 valence electrons. The molecule has 1 aliphatic rings. The summed E-state index contributed by atoms with van der Waals surface area (Å²) in [6.07, 6.45) is 1.03. The lowest BCUT2D eigenvalue weighted by molar-refractivity contribution is 0.0786. The number of rotatable bonds is 2. The Morgan fingerprint density at radius 1 is 1.47 bits per heavy atom. The van der Waals surface area contributed by atoms with Gasteiger partial charge in [-0.25, -0.2) is 0 Å². The van der Waals surface area contributed by atoms with Crippen LogP contribution >= 0.6 is 35.0 Å². The summed E-state index contributed by atoms with van der Waals surface area (Å²) in [5.41, 5.74) is 6.43. The SMILES string of the molecule is Cl.NCC1CCN(C(=O)c2ccccc2I)C1. The second-order valence-electron chi connectivity index (χ2n) is 4.12. The first-order chi connectivity index (χ1) is 7.72. The molecule has 0 aromatic heterocycles. The maximum absolute atomic E-state index is 12.2. The summed E-state index contributed by atoms with van der Waals surface area (Å²) < 4.78 is 1.02. The van der Waals surface area contributed by atoms with Gasteiger partial charge in [-0.3, -0.25) is 4.79 Å². The highest BCUT2D eigenvalue weighted by molar-refractivity contribution is 14.1. The van der Waals surface area contributed by atoms with Crippen molar-refractivity contribution in [3.05, 3.63) is 33.4 Å². The van der Waals surface area contributed by atoms with E-state index >= 15 is 0 Å². The average Bonchev–Trinajstić information content (AvgIpc) is 2.77. The fourth-order valence-corrected chi connectivity index (χ4v) is 2.63. The van der Waals surface area contributed by atoms with Crippen molar-refractivity contribution in [2.45, 2.75) is 6.42 Å². The summed E-state index contributed by atoms with van der Waals surface area (Å²) >= 11 is 2.20. The van der Waals surface area contributed by atoms with Crippen molar-refractivity contribution in [3.8, 4) is 0 Å². The second kappa shape index (κ2) is 6.56. The standard InChI is InChI=1S/C12H15IN2O.ClH/c13-11-4-2-1-3-10(11)12(16)15-6-5-9(7-14)8-15;/h1-4,9H,5-8,14H2;1H. The van der Waals surface area contributed by atoms with E-state index in [9.17, 15) is 4.79 Å². The van der Waals surface area contributed by atoms with E-state index in [0.717, 1.165) is 28.6 Å². The number of nitrogens with two attached hydrogens (primary N) is 1. The van der Waals surface area contributed by atoms with Crippen molar-refractivity contribution in [2.24, 2.45) is 11.7 Å². The first-order valence-electron chi connectivity index (χ1n) is 5.46.